The maximum atomic E-state index is 12.8. The molecule has 3 aliphatic rings. The number of piperidine rings is 1. The van der Waals surface area contributed by atoms with Gasteiger partial charge in [0.15, 0.2) is 5.82 Å². The molecule has 3 fully saturated rings. The van der Waals surface area contributed by atoms with Gasteiger partial charge in [-0.1, -0.05) is 12.1 Å². The van der Waals surface area contributed by atoms with E-state index in [1.54, 1.807) is 6.20 Å². The minimum absolute atomic E-state index is 0.0526. The van der Waals surface area contributed by atoms with Gasteiger partial charge in [0.2, 0.25) is 11.8 Å². The van der Waals surface area contributed by atoms with E-state index in [1.807, 2.05) is 29.2 Å². The summed E-state index contributed by atoms with van der Waals surface area (Å²) < 4.78 is 5.37. The Labute approximate surface area is 194 Å². The van der Waals surface area contributed by atoms with Crippen LogP contribution < -0.4 is 10.2 Å². The Hall–Kier alpha value is -3.00. The third kappa shape index (κ3) is 5.00. The fraction of sp³-hybridized carbons (Fsp3) is 0.520. The summed E-state index contributed by atoms with van der Waals surface area (Å²) in [5.74, 6) is 1.58. The lowest BCUT2D eigenvalue weighted by molar-refractivity contribution is -0.136. The summed E-state index contributed by atoms with van der Waals surface area (Å²) >= 11 is 0. The van der Waals surface area contributed by atoms with Crippen molar-refractivity contribution in [3.05, 3.63) is 48.2 Å². The third-order valence-corrected chi connectivity index (χ3v) is 7.18. The number of rotatable bonds is 5. The standard InChI is InChI=1S/C25H31N5O3/c31-24(20-9-14-30(16-20)23-2-1-11-26-28-23)27-22-5-3-18(4-6-22)19-7-12-29(13-8-19)25(32)21-10-15-33-17-21/h1-6,11,19-21H,7-10,12-17H2,(H,27,31)/t20-,21?/m0/s1. The summed E-state index contributed by atoms with van der Waals surface area (Å²) in [6, 6.07) is 12.0. The summed E-state index contributed by atoms with van der Waals surface area (Å²) in [5.41, 5.74) is 2.11. The van der Waals surface area contributed by atoms with Gasteiger partial charge in [-0.25, -0.2) is 0 Å². The molecule has 0 saturated carbocycles. The highest BCUT2D eigenvalue weighted by molar-refractivity contribution is 5.93. The maximum Gasteiger partial charge on any atom is 0.229 e. The molecule has 0 aliphatic carbocycles. The molecule has 1 unspecified atom stereocenters. The highest BCUT2D eigenvalue weighted by atomic mass is 16.5. The largest absolute Gasteiger partial charge is 0.381 e. The molecule has 3 saturated heterocycles. The fourth-order valence-corrected chi connectivity index (χ4v) is 5.15. The number of hydrogen-bond acceptors (Lipinski definition) is 6. The molecule has 2 amide bonds. The molecular weight excluding hydrogens is 418 g/mol. The lowest BCUT2D eigenvalue weighted by Crippen LogP contribution is -2.41. The first kappa shape index (κ1) is 21.8. The molecule has 4 heterocycles. The zero-order valence-corrected chi connectivity index (χ0v) is 18.9. The number of anilines is 2. The van der Waals surface area contributed by atoms with Crippen LogP contribution in [0.3, 0.4) is 0 Å². The van der Waals surface area contributed by atoms with Gasteiger partial charge < -0.3 is 19.9 Å². The Morgan fingerprint density at radius 2 is 1.79 bits per heavy atom. The second kappa shape index (κ2) is 9.87. The molecule has 3 aliphatic heterocycles. The van der Waals surface area contributed by atoms with E-state index in [4.69, 9.17) is 4.74 Å². The van der Waals surface area contributed by atoms with Gasteiger partial charge in [-0.15, -0.1) is 5.10 Å². The first-order valence-corrected chi connectivity index (χ1v) is 12.0. The van der Waals surface area contributed by atoms with Crippen molar-refractivity contribution in [2.45, 2.75) is 31.6 Å². The number of benzene rings is 1. The minimum atomic E-state index is -0.0567. The van der Waals surface area contributed by atoms with Crippen LogP contribution in [0.15, 0.2) is 42.6 Å². The van der Waals surface area contributed by atoms with E-state index >= 15 is 0 Å². The average molecular weight is 450 g/mol. The Kier molecular flexibility index (Phi) is 6.53. The number of amides is 2. The molecule has 2 aromatic rings. The normalized spacial score (nSPS) is 23.6. The van der Waals surface area contributed by atoms with Crippen LogP contribution in [0.5, 0.6) is 0 Å². The first-order chi connectivity index (χ1) is 16.2. The van der Waals surface area contributed by atoms with Crippen LogP contribution in [-0.4, -0.2) is 66.3 Å². The van der Waals surface area contributed by atoms with Gasteiger partial charge in [0, 0.05) is 44.7 Å². The molecule has 2 atom stereocenters. The van der Waals surface area contributed by atoms with Crippen LogP contribution in [0.1, 0.15) is 37.2 Å². The van der Waals surface area contributed by atoms with Crippen LogP contribution in [0, 0.1) is 11.8 Å². The third-order valence-electron chi connectivity index (χ3n) is 7.18. The number of hydrogen-bond donors (Lipinski definition) is 1. The summed E-state index contributed by atoms with van der Waals surface area (Å²) in [5, 5.41) is 11.1. The van der Waals surface area contributed by atoms with E-state index in [0.29, 0.717) is 25.7 Å². The van der Waals surface area contributed by atoms with Crippen molar-refractivity contribution in [3.8, 4) is 0 Å². The molecule has 5 rings (SSSR count). The zero-order valence-electron chi connectivity index (χ0n) is 18.9. The summed E-state index contributed by atoms with van der Waals surface area (Å²) in [6.07, 6.45) is 5.27. The average Bonchev–Trinajstić information content (AvgIpc) is 3.58. The Bertz CT molecular complexity index is 954. The molecule has 1 aromatic carbocycles. The molecule has 8 nitrogen and oxygen atoms in total. The topological polar surface area (TPSA) is 87.7 Å². The number of ether oxygens (including phenoxy) is 1. The zero-order chi connectivity index (χ0) is 22.6. The van der Waals surface area contributed by atoms with Gasteiger partial charge in [-0.3, -0.25) is 9.59 Å². The quantitative estimate of drug-likeness (QED) is 0.755. The van der Waals surface area contributed by atoms with Gasteiger partial charge >= 0.3 is 0 Å². The van der Waals surface area contributed by atoms with E-state index in [9.17, 15) is 9.59 Å². The lowest BCUT2D eigenvalue weighted by atomic mass is 9.89. The SMILES string of the molecule is O=C(Nc1ccc(C2CCN(C(=O)C3CCOC3)CC2)cc1)[C@H]1CCN(c2cccnn2)C1. The number of carbonyl (C=O) groups excluding carboxylic acids is 2. The molecule has 1 aromatic heterocycles. The molecule has 0 spiro atoms. The summed E-state index contributed by atoms with van der Waals surface area (Å²) in [6.45, 7) is 4.37. The number of nitrogens with one attached hydrogen (secondary N) is 1. The van der Waals surface area contributed by atoms with Crippen molar-refractivity contribution >= 4 is 23.3 Å². The van der Waals surface area contributed by atoms with Crippen molar-refractivity contribution < 1.29 is 14.3 Å². The van der Waals surface area contributed by atoms with Crippen molar-refractivity contribution in [1.82, 2.24) is 15.1 Å². The van der Waals surface area contributed by atoms with Crippen molar-refractivity contribution in [1.29, 1.82) is 0 Å². The van der Waals surface area contributed by atoms with Gasteiger partial charge in [-0.05, 0) is 61.4 Å². The van der Waals surface area contributed by atoms with Crippen molar-refractivity contribution in [3.63, 3.8) is 0 Å². The minimum Gasteiger partial charge on any atom is -0.381 e. The van der Waals surface area contributed by atoms with Gasteiger partial charge in [0.1, 0.15) is 0 Å². The van der Waals surface area contributed by atoms with Crippen LogP contribution in [0.4, 0.5) is 11.5 Å². The predicted molar refractivity (Wildman–Crippen MR) is 125 cm³/mol. The van der Waals surface area contributed by atoms with E-state index in [1.165, 1.54) is 5.56 Å². The number of carbonyl (C=O) groups is 2. The number of likely N-dealkylation sites (tertiary alicyclic amines) is 1. The van der Waals surface area contributed by atoms with Crippen LogP contribution in [-0.2, 0) is 14.3 Å². The predicted octanol–water partition coefficient (Wildman–Crippen LogP) is 2.68. The fourth-order valence-electron chi connectivity index (χ4n) is 5.15. The molecule has 0 radical (unpaired) electrons. The molecular formula is C25H31N5O3. The van der Waals surface area contributed by atoms with Gasteiger partial charge in [-0.2, -0.15) is 5.10 Å². The van der Waals surface area contributed by atoms with E-state index in [0.717, 1.165) is 56.8 Å². The monoisotopic (exact) mass is 449 g/mol. The molecule has 0 bridgehead atoms. The van der Waals surface area contributed by atoms with Crippen molar-refractivity contribution in [2.24, 2.45) is 11.8 Å². The molecule has 8 heteroatoms. The highest BCUT2D eigenvalue weighted by Gasteiger charge is 2.31. The highest BCUT2D eigenvalue weighted by Crippen LogP contribution is 2.30. The number of nitrogens with zero attached hydrogens (tertiary/aromatic N) is 4. The summed E-state index contributed by atoms with van der Waals surface area (Å²) in [4.78, 5) is 29.5. The molecule has 33 heavy (non-hydrogen) atoms. The van der Waals surface area contributed by atoms with E-state index < -0.39 is 0 Å². The van der Waals surface area contributed by atoms with Crippen LogP contribution in [0.25, 0.3) is 0 Å². The van der Waals surface area contributed by atoms with Crippen LogP contribution in [0.2, 0.25) is 0 Å². The van der Waals surface area contributed by atoms with Crippen LogP contribution >= 0.6 is 0 Å². The lowest BCUT2D eigenvalue weighted by Gasteiger charge is -2.33. The Morgan fingerprint density at radius 3 is 2.48 bits per heavy atom. The smallest absolute Gasteiger partial charge is 0.229 e. The Balaban J connectivity index is 1.11. The van der Waals surface area contributed by atoms with Gasteiger partial charge in [0.05, 0.1) is 18.4 Å². The van der Waals surface area contributed by atoms with E-state index in [2.05, 4.69) is 32.5 Å². The molecule has 174 valence electrons. The summed E-state index contributed by atoms with van der Waals surface area (Å²) in [7, 11) is 0. The first-order valence-electron chi connectivity index (χ1n) is 12.0. The second-order valence-electron chi connectivity index (χ2n) is 9.28. The molecule has 1 N–H and O–H groups in total. The van der Waals surface area contributed by atoms with Gasteiger partial charge in [0.25, 0.3) is 0 Å². The number of aromatic nitrogens is 2. The second-order valence-corrected chi connectivity index (χ2v) is 9.28. The van der Waals surface area contributed by atoms with Crippen molar-refractivity contribution in [2.75, 3.05) is 49.6 Å². The maximum absolute atomic E-state index is 12.8. The van der Waals surface area contributed by atoms with E-state index in [-0.39, 0.29) is 23.7 Å². The Morgan fingerprint density at radius 1 is 0.970 bits per heavy atom.